The molecule has 2 atom stereocenters. The van der Waals surface area contributed by atoms with Gasteiger partial charge in [0, 0.05) is 11.7 Å². The summed E-state index contributed by atoms with van der Waals surface area (Å²) in [7, 11) is 0. The Morgan fingerprint density at radius 2 is 2.46 bits per heavy atom. The lowest BCUT2D eigenvalue weighted by Crippen LogP contribution is -2.39. The van der Waals surface area contributed by atoms with Gasteiger partial charge < -0.3 is 5.32 Å². The first-order chi connectivity index (χ1) is 6.15. The van der Waals surface area contributed by atoms with Gasteiger partial charge in [0.05, 0.1) is 6.04 Å². The molecule has 1 saturated heterocycles. The number of rotatable bonds is 3. The summed E-state index contributed by atoms with van der Waals surface area (Å²) in [6.45, 7) is 3.84. The van der Waals surface area contributed by atoms with Crippen LogP contribution in [0, 0.1) is 5.92 Å². The minimum absolute atomic E-state index is 0.00310. The van der Waals surface area contributed by atoms with Crippen LogP contribution in [0.2, 0.25) is 0 Å². The average molecular weight is 201 g/mol. The van der Waals surface area contributed by atoms with Crippen molar-refractivity contribution in [1.82, 2.24) is 5.32 Å². The molecule has 0 aromatic carbocycles. The second-order valence-electron chi connectivity index (χ2n) is 3.33. The molecule has 1 amide bonds. The monoisotopic (exact) mass is 201 g/mol. The molecule has 0 bridgehead atoms. The summed E-state index contributed by atoms with van der Waals surface area (Å²) in [5, 5.41) is 2.88. The number of nitrogens with one attached hydrogen (secondary N) is 1. The first-order valence-corrected chi connectivity index (χ1v) is 5.60. The van der Waals surface area contributed by atoms with Gasteiger partial charge in [0.25, 0.3) is 0 Å². The number of thioether (sulfide) groups is 1. The third-order valence-corrected chi connectivity index (χ3v) is 3.32. The van der Waals surface area contributed by atoms with Crippen LogP contribution in [-0.4, -0.2) is 22.8 Å². The Morgan fingerprint density at radius 1 is 1.77 bits per heavy atom. The second-order valence-corrected chi connectivity index (χ2v) is 4.43. The molecule has 1 aliphatic heterocycles. The normalized spacial score (nSPS) is 24.5. The molecule has 4 heteroatoms. The maximum absolute atomic E-state index is 11.4. The maximum Gasteiger partial charge on any atom is 0.223 e. The molecule has 0 spiro atoms. The molecule has 74 valence electrons. The van der Waals surface area contributed by atoms with Gasteiger partial charge in [-0.15, -0.1) is 0 Å². The lowest BCUT2D eigenvalue weighted by Gasteiger charge is -2.13. The molecular weight excluding hydrogens is 186 g/mol. The highest BCUT2D eigenvalue weighted by molar-refractivity contribution is 8.14. The molecule has 13 heavy (non-hydrogen) atoms. The molecule has 1 N–H and O–H groups in total. The Hall–Kier alpha value is -0.510. The van der Waals surface area contributed by atoms with Crippen LogP contribution in [0.15, 0.2) is 0 Å². The molecule has 0 aromatic rings. The van der Waals surface area contributed by atoms with Gasteiger partial charge in [-0.3, -0.25) is 9.59 Å². The van der Waals surface area contributed by atoms with Crippen molar-refractivity contribution in [3.63, 3.8) is 0 Å². The van der Waals surface area contributed by atoms with E-state index in [9.17, 15) is 9.59 Å². The highest BCUT2D eigenvalue weighted by Gasteiger charge is 2.27. The molecule has 1 rings (SSSR count). The van der Waals surface area contributed by atoms with Crippen LogP contribution in [0.5, 0.6) is 0 Å². The van der Waals surface area contributed by atoms with Gasteiger partial charge in [-0.05, 0) is 12.8 Å². The van der Waals surface area contributed by atoms with Gasteiger partial charge in [0.2, 0.25) is 11.0 Å². The number of hydrogen-bond donors (Lipinski definition) is 1. The topological polar surface area (TPSA) is 46.2 Å². The molecule has 1 aliphatic rings. The summed E-state index contributed by atoms with van der Waals surface area (Å²) < 4.78 is 0. The molecule has 0 radical (unpaired) electrons. The summed E-state index contributed by atoms with van der Waals surface area (Å²) in [6.07, 6.45) is 1.60. The van der Waals surface area contributed by atoms with Crippen LogP contribution in [0.1, 0.15) is 26.7 Å². The molecule has 1 heterocycles. The van der Waals surface area contributed by atoms with Crippen molar-refractivity contribution >= 4 is 22.8 Å². The van der Waals surface area contributed by atoms with Crippen LogP contribution < -0.4 is 5.32 Å². The van der Waals surface area contributed by atoms with Crippen LogP contribution >= 0.6 is 11.8 Å². The molecule has 3 nitrogen and oxygen atoms in total. The van der Waals surface area contributed by atoms with E-state index in [0.29, 0.717) is 0 Å². The summed E-state index contributed by atoms with van der Waals surface area (Å²) in [6, 6.07) is -0.230. The van der Waals surface area contributed by atoms with E-state index in [2.05, 4.69) is 5.32 Å². The van der Waals surface area contributed by atoms with Crippen molar-refractivity contribution in [2.24, 2.45) is 5.92 Å². The first-order valence-electron chi connectivity index (χ1n) is 4.62. The summed E-state index contributed by atoms with van der Waals surface area (Å²) in [5.41, 5.74) is 0. The van der Waals surface area contributed by atoms with E-state index >= 15 is 0 Å². The van der Waals surface area contributed by atoms with E-state index in [4.69, 9.17) is 0 Å². The Kier molecular flexibility index (Phi) is 3.78. The Morgan fingerprint density at radius 3 is 2.92 bits per heavy atom. The minimum atomic E-state index is -0.230. The molecule has 0 aromatic heterocycles. The Labute approximate surface area is 82.6 Å². The molecule has 1 fully saturated rings. The van der Waals surface area contributed by atoms with Gasteiger partial charge in [0.1, 0.15) is 0 Å². The van der Waals surface area contributed by atoms with Gasteiger partial charge >= 0.3 is 0 Å². The number of amides is 1. The van der Waals surface area contributed by atoms with E-state index < -0.39 is 0 Å². The standard InChI is InChI=1S/C9H15NO2S/c1-3-6(2)8(11)10-7-4-5-13-9(7)12/h6-7H,3-5H2,1-2H3,(H,10,11)/t6?,7-/m0/s1. The zero-order chi connectivity index (χ0) is 9.84. The van der Waals surface area contributed by atoms with Gasteiger partial charge in [-0.1, -0.05) is 25.6 Å². The van der Waals surface area contributed by atoms with E-state index in [-0.39, 0.29) is 23.0 Å². The van der Waals surface area contributed by atoms with Gasteiger partial charge in [-0.25, -0.2) is 0 Å². The maximum atomic E-state index is 11.4. The van der Waals surface area contributed by atoms with Crippen molar-refractivity contribution in [2.75, 3.05) is 5.75 Å². The van der Waals surface area contributed by atoms with Crippen molar-refractivity contribution in [3.05, 3.63) is 0 Å². The lowest BCUT2D eigenvalue weighted by atomic mass is 10.1. The quantitative estimate of drug-likeness (QED) is 0.746. The number of carbonyl (C=O) groups excluding carboxylic acids is 2. The van der Waals surface area contributed by atoms with Crippen molar-refractivity contribution in [3.8, 4) is 0 Å². The Balaban J connectivity index is 2.39. The van der Waals surface area contributed by atoms with Crippen molar-refractivity contribution < 1.29 is 9.59 Å². The van der Waals surface area contributed by atoms with E-state index in [1.807, 2.05) is 13.8 Å². The smallest absolute Gasteiger partial charge is 0.223 e. The third kappa shape index (κ3) is 2.72. The van der Waals surface area contributed by atoms with E-state index in [1.165, 1.54) is 11.8 Å². The van der Waals surface area contributed by atoms with Crippen LogP contribution in [-0.2, 0) is 9.59 Å². The van der Waals surface area contributed by atoms with Gasteiger partial charge in [-0.2, -0.15) is 0 Å². The van der Waals surface area contributed by atoms with E-state index in [1.54, 1.807) is 0 Å². The summed E-state index contributed by atoms with van der Waals surface area (Å²) in [4.78, 5) is 22.6. The number of carbonyl (C=O) groups is 2. The SMILES string of the molecule is CCC(C)C(=O)N[C@H]1CCSC1=O. The lowest BCUT2D eigenvalue weighted by molar-refractivity contribution is -0.127. The van der Waals surface area contributed by atoms with Crippen LogP contribution in [0.25, 0.3) is 0 Å². The van der Waals surface area contributed by atoms with E-state index in [0.717, 1.165) is 18.6 Å². The van der Waals surface area contributed by atoms with Crippen molar-refractivity contribution in [2.45, 2.75) is 32.7 Å². The zero-order valence-corrected chi connectivity index (χ0v) is 8.82. The minimum Gasteiger partial charge on any atom is -0.345 e. The van der Waals surface area contributed by atoms with Gasteiger partial charge in [0.15, 0.2) is 0 Å². The summed E-state index contributed by atoms with van der Waals surface area (Å²) in [5.74, 6) is 0.853. The predicted molar refractivity (Wildman–Crippen MR) is 53.5 cm³/mol. The van der Waals surface area contributed by atoms with Crippen molar-refractivity contribution in [1.29, 1.82) is 0 Å². The highest BCUT2D eigenvalue weighted by Crippen LogP contribution is 2.19. The van der Waals surface area contributed by atoms with Crippen LogP contribution in [0.4, 0.5) is 0 Å². The first kappa shape index (κ1) is 10.6. The summed E-state index contributed by atoms with van der Waals surface area (Å²) >= 11 is 1.31. The third-order valence-electron chi connectivity index (χ3n) is 2.31. The Bertz CT molecular complexity index is 218. The predicted octanol–water partition coefficient (Wildman–Crippen LogP) is 1.18. The molecule has 0 aliphatic carbocycles. The molecule has 0 saturated carbocycles. The molecule has 1 unspecified atom stereocenters. The zero-order valence-electron chi connectivity index (χ0n) is 8.00. The largest absolute Gasteiger partial charge is 0.345 e. The fourth-order valence-electron chi connectivity index (χ4n) is 1.13. The average Bonchev–Trinajstić information content (AvgIpc) is 2.50. The van der Waals surface area contributed by atoms with Crippen LogP contribution in [0.3, 0.4) is 0 Å². The fourth-order valence-corrected chi connectivity index (χ4v) is 2.06. The number of hydrogen-bond acceptors (Lipinski definition) is 3. The second kappa shape index (κ2) is 4.65. The molecular formula is C9H15NO2S. The highest BCUT2D eigenvalue weighted by atomic mass is 32.2. The fraction of sp³-hybridized carbons (Fsp3) is 0.778.